The van der Waals surface area contributed by atoms with Gasteiger partial charge < -0.3 is 0 Å². The van der Waals surface area contributed by atoms with E-state index in [1.54, 1.807) is 18.2 Å². The predicted octanol–water partition coefficient (Wildman–Crippen LogP) is 4.06. The maximum atomic E-state index is 12.4. The van der Waals surface area contributed by atoms with Gasteiger partial charge in [0.1, 0.15) is 0 Å². The molecule has 0 radical (unpaired) electrons. The van der Waals surface area contributed by atoms with Crippen molar-refractivity contribution in [3.63, 3.8) is 0 Å². The lowest BCUT2D eigenvalue weighted by Gasteiger charge is -2.06. The van der Waals surface area contributed by atoms with Crippen molar-refractivity contribution in [2.24, 2.45) is 0 Å². The van der Waals surface area contributed by atoms with Gasteiger partial charge in [-0.25, -0.2) is 0 Å². The number of aldehydes is 1. The first-order valence-corrected chi connectivity index (χ1v) is 6.84. The van der Waals surface area contributed by atoms with Gasteiger partial charge in [0, 0.05) is 21.2 Å². The molecule has 0 aromatic heterocycles. The Hall–Kier alpha value is -1.74. The van der Waals surface area contributed by atoms with Crippen LogP contribution in [0.25, 0.3) is 0 Å². The van der Waals surface area contributed by atoms with Gasteiger partial charge >= 0.3 is 0 Å². The zero-order valence-electron chi connectivity index (χ0n) is 10.5. The molecule has 0 fully saturated rings. The number of carbonyl (C=O) groups is 2. The second kappa shape index (κ2) is 5.93. The Morgan fingerprint density at radius 1 is 1.16 bits per heavy atom. The van der Waals surface area contributed by atoms with Crippen molar-refractivity contribution in [1.82, 2.24) is 0 Å². The summed E-state index contributed by atoms with van der Waals surface area (Å²) in [5, 5.41) is 0. The maximum Gasteiger partial charge on any atom is 0.194 e. The van der Waals surface area contributed by atoms with Crippen molar-refractivity contribution in [1.29, 1.82) is 0 Å². The van der Waals surface area contributed by atoms with Crippen molar-refractivity contribution >= 4 is 28.0 Å². The van der Waals surface area contributed by atoms with Gasteiger partial charge in [-0.1, -0.05) is 43.3 Å². The van der Waals surface area contributed by atoms with E-state index < -0.39 is 0 Å². The topological polar surface area (TPSA) is 34.1 Å². The molecule has 0 heterocycles. The van der Waals surface area contributed by atoms with Gasteiger partial charge in [0.05, 0.1) is 0 Å². The van der Waals surface area contributed by atoms with Crippen molar-refractivity contribution in [3.8, 4) is 0 Å². The Balaban J connectivity index is 2.41. The first-order chi connectivity index (χ1) is 9.17. The highest BCUT2D eigenvalue weighted by Gasteiger charge is 2.14. The molecule has 2 rings (SSSR count). The molecule has 0 bridgehead atoms. The standard InChI is InChI=1S/C16H13BrO2/c1-2-11-6-8-12(9-7-11)16(19)14-5-3-4-13(10-18)15(14)17/h3-10H,2H2,1H3. The zero-order chi connectivity index (χ0) is 13.8. The van der Waals surface area contributed by atoms with Crippen LogP contribution in [0.2, 0.25) is 0 Å². The normalized spacial score (nSPS) is 10.2. The van der Waals surface area contributed by atoms with E-state index in [4.69, 9.17) is 0 Å². The monoisotopic (exact) mass is 316 g/mol. The Morgan fingerprint density at radius 3 is 2.42 bits per heavy atom. The van der Waals surface area contributed by atoms with Crippen LogP contribution in [0.1, 0.15) is 38.8 Å². The molecule has 19 heavy (non-hydrogen) atoms. The number of hydrogen-bond acceptors (Lipinski definition) is 2. The summed E-state index contributed by atoms with van der Waals surface area (Å²) >= 11 is 3.32. The van der Waals surface area contributed by atoms with Crippen LogP contribution < -0.4 is 0 Å². The molecule has 0 aliphatic heterocycles. The molecule has 0 N–H and O–H groups in total. The summed E-state index contributed by atoms with van der Waals surface area (Å²) in [6.07, 6.45) is 1.68. The Morgan fingerprint density at radius 2 is 1.84 bits per heavy atom. The molecule has 96 valence electrons. The summed E-state index contributed by atoms with van der Waals surface area (Å²) in [4.78, 5) is 23.3. The number of hydrogen-bond donors (Lipinski definition) is 0. The molecule has 0 aliphatic carbocycles. The number of rotatable bonds is 4. The summed E-state index contributed by atoms with van der Waals surface area (Å²) in [5.74, 6) is -0.0850. The number of aryl methyl sites for hydroxylation is 1. The molecule has 0 amide bonds. The highest BCUT2D eigenvalue weighted by molar-refractivity contribution is 9.10. The summed E-state index contributed by atoms with van der Waals surface area (Å²) in [6.45, 7) is 2.07. The molecule has 0 spiro atoms. The predicted molar refractivity (Wildman–Crippen MR) is 78.8 cm³/mol. The molecule has 0 atom stereocenters. The lowest BCUT2D eigenvalue weighted by molar-refractivity contribution is 0.103. The van der Waals surface area contributed by atoms with Crippen LogP contribution in [0.4, 0.5) is 0 Å². The van der Waals surface area contributed by atoms with E-state index in [1.807, 2.05) is 24.3 Å². The largest absolute Gasteiger partial charge is 0.298 e. The molecule has 3 heteroatoms. The highest BCUT2D eigenvalue weighted by atomic mass is 79.9. The van der Waals surface area contributed by atoms with Crippen molar-refractivity contribution < 1.29 is 9.59 Å². The third kappa shape index (κ3) is 2.82. The number of halogens is 1. The third-order valence-electron chi connectivity index (χ3n) is 3.02. The quantitative estimate of drug-likeness (QED) is 0.629. The molecule has 2 aromatic carbocycles. The minimum atomic E-state index is -0.0850. The van der Waals surface area contributed by atoms with Crippen LogP contribution in [0.5, 0.6) is 0 Å². The molecule has 2 nitrogen and oxygen atoms in total. The highest BCUT2D eigenvalue weighted by Crippen LogP contribution is 2.23. The van der Waals surface area contributed by atoms with E-state index in [2.05, 4.69) is 22.9 Å². The van der Waals surface area contributed by atoms with E-state index in [1.165, 1.54) is 5.56 Å². The summed E-state index contributed by atoms with van der Waals surface area (Å²) in [7, 11) is 0. The minimum absolute atomic E-state index is 0.0850. The van der Waals surface area contributed by atoms with Crippen LogP contribution in [0, 0.1) is 0 Å². The summed E-state index contributed by atoms with van der Waals surface area (Å²) in [6, 6.07) is 12.6. The van der Waals surface area contributed by atoms with Crippen LogP contribution in [0.15, 0.2) is 46.9 Å². The van der Waals surface area contributed by atoms with Gasteiger partial charge in [0.25, 0.3) is 0 Å². The van der Waals surface area contributed by atoms with Gasteiger partial charge in [-0.2, -0.15) is 0 Å². The fourth-order valence-corrected chi connectivity index (χ4v) is 2.40. The molecule has 0 aliphatic rings. The summed E-state index contributed by atoms with van der Waals surface area (Å²) in [5.41, 5.74) is 2.81. The average Bonchev–Trinajstić information content (AvgIpc) is 2.47. The van der Waals surface area contributed by atoms with Crippen LogP contribution in [-0.2, 0) is 6.42 Å². The van der Waals surface area contributed by atoms with E-state index >= 15 is 0 Å². The Bertz CT molecular complexity index is 615. The van der Waals surface area contributed by atoms with Gasteiger partial charge in [-0.05, 0) is 34.0 Å². The second-order valence-electron chi connectivity index (χ2n) is 4.21. The average molecular weight is 317 g/mol. The first-order valence-electron chi connectivity index (χ1n) is 6.04. The lowest BCUT2D eigenvalue weighted by Crippen LogP contribution is -2.04. The first kappa shape index (κ1) is 13.7. The zero-order valence-corrected chi connectivity index (χ0v) is 12.1. The van der Waals surface area contributed by atoms with Gasteiger partial charge in [-0.3, -0.25) is 9.59 Å². The van der Waals surface area contributed by atoms with Crippen molar-refractivity contribution in [2.45, 2.75) is 13.3 Å². The fourth-order valence-electron chi connectivity index (χ4n) is 1.86. The SMILES string of the molecule is CCc1ccc(C(=O)c2cccc(C=O)c2Br)cc1. The molecule has 2 aromatic rings. The van der Waals surface area contributed by atoms with Gasteiger partial charge in [0.2, 0.25) is 0 Å². The summed E-state index contributed by atoms with van der Waals surface area (Å²) < 4.78 is 0.551. The van der Waals surface area contributed by atoms with Gasteiger partial charge in [-0.15, -0.1) is 0 Å². The number of benzene rings is 2. The molecular weight excluding hydrogens is 304 g/mol. The van der Waals surface area contributed by atoms with E-state index in [-0.39, 0.29) is 5.78 Å². The van der Waals surface area contributed by atoms with E-state index in [9.17, 15) is 9.59 Å². The molecule has 0 saturated carbocycles. The fraction of sp³-hybridized carbons (Fsp3) is 0.125. The van der Waals surface area contributed by atoms with Gasteiger partial charge in [0.15, 0.2) is 12.1 Å². The van der Waals surface area contributed by atoms with Crippen molar-refractivity contribution in [2.75, 3.05) is 0 Å². The Labute approximate surface area is 120 Å². The van der Waals surface area contributed by atoms with Crippen molar-refractivity contribution in [3.05, 3.63) is 69.2 Å². The molecular formula is C16H13BrO2. The smallest absolute Gasteiger partial charge is 0.194 e. The molecule has 0 unspecified atom stereocenters. The Kier molecular flexibility index (Phi) is 4.27. The second-order valence-corrected chi connectivity index (χ2v) is 5.00. The van der Waals surface area contributed by atoms with Crippen LogP contribution in [0.3, 0.4) is 0 Å². The van der Waals surface area contributed by atoms with E-state index in [0.29, 0.717) is 21.2 Å². The lowest BCUT2D eigenvalue weighted by atomic mass is 10.00. The molecule has 0 saturated heterocycles. The third-order valence-corrected chi connectivity index (χ3v) is 3.91. The maximum absolute atomic E-state index is 12.4. The van der Waals surface area contributed by atoms with Crippen LogP contribution >= 0.6 is 15.9 Å². The van der Waals surface area contributed by atoms with E-state index in [0.717, 1.165) is 12.7 Å². The number of carbonyl (C=O) groups excluding carboxylic acids is 2. The van der Waals surface area contributed by atoms with Crippen LogP contribution in [-0.4, -0.2) is 12.1 Å². The number of ketones is 1. The minimum Gasteiger partial charge on any atom is -0.298 e.